The number of benzene rings is 3. The third-order valence-electron chi connectivity index (χ3n) is 7.15. The van der Waals surface area contributed by atoms with E-state index in [2.05, 4.69) is 10.3 Å². The number of carbonyl (C=O) groups is 1. The van der Waals surface area contributed by atoms with Gasteiger partial charge in [0.15, 0.2) is 0 Å². The maximum atomic E-state index is 13.7. The molecule has 6 aromatic rings. The van der Waals surface area contributed by atoms with Gasteiger partial charge in [-0.1, -0.05) is 12.1 Å². The Balaban J connectivity index is 1.64. The number of carbonyl (C=O) groups excluding carboxylic acids is 1. The molecule has 8 nitrogen and oxygen atoms in total. The van der Waals surface area contributed by atoms with Gasteiger partial charge >= 0.3 is 0 Å². The Morgan fingerprint density at radius 1 is 0.976 bits per heavy atom. The summed E-state index contributed by atoms with van der Waals surface area (Å²) in [5.41, 5.74) is 4.65. The lowest BCUT2D eigenvalue weighted by molar-refractivity contribution is 0.0964. The maximum absolute atomic E-state index is 13.7. The van der Waals surface area contributed by atoms with Gasteiger partial charge in [-0.25, -0.2) is 12.8 Å². The van der Waals surface area contributed by atoms with Crippen molar-refractivity contribution in [3.05, 3.63) is 103 Å². The minimum Gasteiger partial charge on any atom is -0.455 e. The summed E-state index contributed by atoms with van der Waals surface area (Å²) in [7, 11) is -0.669. The zero-order valence-electron chi connectivity index (χ0n) is 22.4. The Kier molecular flexibility index (Phi) is 6.34. The predicted octanol–water partition coefficient (Wildman–Crippen LogP) is 6.00. The fourth-order valence-corrected chi connectivity index (χ4v) is 5.49. The smallest absolute Gasteiger partial charge is 0.255 e. The number of anilines is 1. The van der Waals surface area contributed by atoms with Crippen LogP contribution in [0.25, 0.3) is 50.0 Å². The Bertz CT molecular complexity index is 2050. The number of furan rings is 1. The summed E-state index contributed by atoms with van der Waals surface area (Å²) < 4.78 is 48.5. The molecule has 0 aliphatic carbocycles. The number of pyridine rings is 1. The third kappa shape index (κ3) is 4.62. The fraction of sp³-hybridized carbons (Fsp3) is 0.0968. The third-order valence-corrected chi connectivity index (χ3v) is 8.34. The Morgan fingerprint density at radius 2 is 1.68 bits per heavy atom. The zero-order chi connectivity index (χ0) is 28.9. The highest BCUT2D eigenvalue weighted by molar-refractivity contribution is 7.92. The highest BCUT2D eigenvalue weighted by atomic mass is 32.2. The van der Waals surface area contributed by atoms with Crippen molar-refractivity contribution < 1.29 is 22.0 Å². The van der Waals surface area contributed by atoms with Crippen LogP contribution in [0, 0.1) is 5.82 Å². The summed E-state index contributed by atoms with van der Waals surface area (Å²) in [6.45, 7) is 0. The zero-order valence-corrected chi connectivity index (χ0v) is 23.2. The molecule has 0 saturated heterocycles. The van der Waals surface area contributed by atoms with E-state index in [1.54, 1.807) is 24.5 Å². The summed E-state index contributed by atoms with van der Waals surface area (Å²) in [5.74, 6) is -0.552. The molecule has 6 rings (SSSR count). The van der Waals surface area contributed by atoms with Crippen LogP contribution in [0.1, 0.15) is 10.4 Å². The summed E-state index contributed by atoms with van der Waals surface area (Å²) >= 11 is 0. The number of halogens is 1. The van der Waals surface area contributed by atoms with Gasteiger partial charge in [-0.3, -0.25) is 14.1 Å². The second-order valence-corrected chi connectivity index (χ2v) is 11.7. The van der Waals surface area contributed by atoms with Crippen molar-refractivity contribution >= 4 is 43.5 Å². The van der Waals surface area contributed by atoms with E-state index < -0.39 is 15.8 Å². The van der Waals surface area contributed by atoms with Crippen molar-refractivity contribution in [2.75, 3.05) is 24.7 Å². The van der Waals surface area contributed by atoms with Gasteiger partial charge in [0.1, 0.15) is 17.2 Å². The first-order valence-electron chi connectivity index (χ1n) is 12.7. The Hall–Kier alpha value is -4.96. The lowest BCUT2D eigenvalue weighted by Gasteiger charge is -2.21. The minimum atomic E-state index is -3.66. The van der Waals surface area contributed by atoms with E-state index in [4.69, 9.17) is 4.42 Å². The van der Waals surface area contributed by atoms with Crippen LogP contribution in [0.4, 0.5) is 10.1 Å². The molecule has 0 radical (unpaired) electrons. The number of aromatic nitrogens is 2. The lowest BCUT2D eigenvalue weighted by atomic mass is 9.98. The Labute approximate surface area is 235 Å². The fourth-order valence-electron chi connectivity index (χ4n) is 4.98. The Morgan fingerprint density at radius 3 is 2.37 bits per heavy atom. The highest BCUT2D eigenvalue weighted by Gasteiger charge is 2.26. The van der Waals surface area contributed by atoms with Gasteiger partial charge in [0.25, 0.3) is 5.91 Å². The van der Waals surface area contributed by atoms with E-state index in [1.807, 2.05) is 47.2 Å². The van der Waals surface area contributed by atoms with Crippen molar-refractivity contribution in [2.45, 2.75) is 0 Å². The average Bonchev–Trinajstić information content (AvgIpc) is 3.57. The molecular formula is C31H25FN4O4S. The van der Waals surface area contributed by atoms with E-state index >= 15 is 0 Å². The molecule has 1 amide bonds. The maximum Gasteiger partial charge on any atom is 0.255 e. The van der Waals surface area contributed by atoms with Gasteiger partial charge in [0.05, 0.1) is 23.0 Å². The quantitative estimate of drug-likeness (QED) is 0.266. The molecule has 41 heavy (non-hydrogen) atoms. The summed E-state index contributed by atoms with van der Waals surface area (Å²) in [6, 6.07) is 20.7. The molecule has 0 fully saturated rings. The van der Waals surface area contributed by atoms with E-state index in [0.29, 0.717) is 27.8 Å². The molecule has 0 unspecified atom stereocenters. The van der Waals surface area contributed by atoms with Crippen molar-refractivity contribution in [1.82, 2.24) is 14.9 Å². The van der Waals surface area contributed by atoms with Crippen molar-refractivity contribution in [1.29, 1.82) is 0 Å². The largest absolute Gasteiger partial charge is 0.455 e. The monoisotopic (exact) mass is 568 g/mol. The number of sulfonamides is 1. The number of hydrogen-bond donors (Lipinski definition) is 1. The van der Waals surface area contributed by atoms with Crippen LogP contribution < -0.4 is 9.62 Å². The van der Waals surface area contributed by atoms with Crippen molar-refractivity contribution in [3.63, 3.8) is 0 Å². The highest BCUT2D eigenvalue weighted by Crippen LogP contribution is 2.42. The van der Waals surface area contributed by atoms with Crippen LogP contribution in [0.5, 0.6) is 0 Å². The van der Waals surface area contributed by atoms with E-state index in [1.165, 1.54) is 42.7 Å². The number of hydrogen-bond acceptors (Lipinski definition) is 5. The molecule has 0 atom stereocenters. The van der Waals surface area contributed by atoms with Crippen LogP contribution in [0.3, 0.4) is 0 Å². The number of amides is 1. The molecular weight excluding hydrogens is 543 g/mol. The van der Waals surface area contributed by atoms with Gasteiger partial charge in [-0.05, 0) is 65.5 Å². The normalized spacial score (nSPS) is 11.7. The molecule has 10 heteroatoms. The van der Waals surface area contributed by atoms with E-state index in [9.17, 15) is 17.6 Å². The van der Waals surface area contributed by atoms with Gasteiger partial charge < -0.3 is 14.3 Å². The molecule has 0 aliphatic rings. The second kappa shape index (κ2) is 9.90. The molecule has 3 aromatic heterocycles. The van der Waals surface area contributed by atoms with E-state index in [-0.39, 0.29) is 17.2 Å². The van der Waals surface area contributed by atoms with Crippen molar-refractivity contribution in [3.8, 4) is 28.1 Å². The van der Waals surface area contributed by atoms with Crippen molar-refractivity contribution in [2.24, 2.45) is 0 Å². The summed E-state index contributed by atoms with van der Waals surface area (Å²) in [4.78, 5) is 17.3. The molecule has 1 N–H and O–H groups in total. The van der Waals surface area contributed by atoms with Gasteiger partial charge in [0.2, 0.25) is 10.0 Å². The van der Waals surface area contributed by atoms with Gasteiger partial charge in [-0.15, -0.1) is 0 Å². The minimum absolute atomic E-state index is 0.256. The van der Waals surface area contributed by atoms with Crippen LogP contribution in [0.15, 0.2) is 95.8 Å². The molecule has 206 valence electrons. The van der Waals surface area contributed by atoms with E-state index in [0.717, 1.165) is 28.4 Å². The first kappa shape index (κ1) is 26.3. The van der Waals surface area contributed by atoms with Crippen LogP contribution >= 0.6 is 0 Å². The summed E-state index contributed by atoms with van der Waals surface area (Å²) in [6.07, 6.45) is 6.53. The molecule has 3 aromatic carbocycles. The predicted molar refractivity (Wildman–Crippen MR) is 158 cm³/mol. The number of nitrogens with one attached hydrogen (secondary N) is 1. The average molecular weight is 569 g/mol. The number of rotatable bonds is 6. The molecule has 0 aliphatic heterocycles. The van der Waals surface area contributed by atoms with Crippen LogP contribution in [0.2, 0.25) is 0 Å². The SMILES string of the molecule is CNC(=O)c1c(-c2ccc(F)cc2)oc2cc(N(C)S(C)(=O)=O)c(-c3ccc4ccn(-c5ccncc5)c4c3)cc12. The molecule has 0 saturated carbocycles. The summed E-state index contributed by atoms with van der Waals surface area (Å²) in [5, 5.41) is 4.15. The van der Waals surface area contributed by atoms with Crippen LogP contribution in [-0.4, -0.2) is 44.2 Å². The molecule has 3 heterocycles. The number of fused-ring (bicyclic) bond motifs is 2. The topological polar surface area (TPSA) is 97.4 Å². The van der Waals surface area contributed by atoms with Gasteiger partial charge in [0, 0.05) is 61.0 Å². The second-order valence-electron chi connectivity index (χ2n) is 9.65. The first-order chi connectivity index (χ1) is 19.7. The lowest BCUT2D eigenvalue weighted by Crippen LogP contribution is -2.25. The van der Waals surface area contributed by atoms with Crippen LogP contribution in [-0.2, 0) is 10.0 Å². The number of nitrogens with zero attached hydrogens (tertiary/aromatic N) is 3. The molecule has 0 bridgehead atoms. The standard InChI is InChI=1S/C31H25FN4O4S/c1-33-31(37)29-25-17-24(21-5-4-19-12-15-36(26(19)16-21)23-10-13-34-14-11-23)27(35(2)41(3,38)39)18-28(25)40-30(29)20-6-8-22(32)9-7-20/h4-18H,1-3H3,(H,33,37). The molecule has 0 spiro atoms. The van der Waals surface area contributed by atoms with Gasteiger partial charge in [-0.2, -0.15) is 0 Å². The first-order valence-corrected chi connectivity index (χ1v) is 14.5.